The fourth-order valence-corrected chi connectivity index (χ4v) is 3.10. The molecular weight excluding hydrogens is 386 g/mol. The number of nitrogens with zero attached hydrogens (tertiary/aromatic N) is 1. The van der Waals surface area contributed by atoms with E-state index < -0.39 is 11.8 Å². The highest BCUT2D eigenvalue weighted by atomic mass is 32.1. The van der Waals surface area contributed by atoms with Gasteiger partial charge in [-0.05, 0) is 54.3 Å². The second-order valence-electron chi connectivity index (χ2n) is 6.15. The summed E-state index contributed by atoms with van der Waals surface area (Å²) in [5.74, 6) is -0.913. The Labute approximate surface area is 172 Å². The predicted octanol–water partition coefficient (Wildman–Crippen LogP) is 3.68. The van der Waals surface area contributed by atoms with Gasteiger partial charge in [0.1, 0.15) is 11.4 Å². The highest BCUT2D eigenvalue weighted by molar-refractivity contribution is 7.10. The molecule has 146 valence electrons. The van der Waals surface area contributed by atoms with E-state index in [1.807, 2.05) is 30.5 Å². The lowest BCUT2D eigenvalue weighted by Crippen LogP contribution is -2.32. The summed E-state index contributed by atoms with van der Waals surface area (Å²) in [4.78, 5) is 25.9. The van der Waals surface area contributed by atoms with E-state index >= 15 is 0 Å². The van der Waals surface area contributed by atoms with Gasteiger partial charge in [0.2, 0.25) is 0 Å². The van der Waals surface area contributed by atoms with Crippen LogP contribution in [-0.2, 0) is 4.79 Å². The summed E-state index contributed by atoms with van der Waals surface area (Å²) in [6.07, 6.45) is 2.92. The highest BCUT2D eigenvalue weighted by Gasteiger charge is 2.14. The monoisotopic (exact) mass is 405 g/mol. The van der Waals surface area contributed by atoms with E-state index in [1.165, 1.54) is 17.6 Å². The molecule has 0 saturated carbocycles. The minimum Gasteiger partial charge on any atom is -0.507 e. The molecule has 0 aliphatic carbocycles. The number of hydrogen-bond donors (Lipinski definition) is 3. The summed E-state index contributed by atoms with van der Waals surface area (Å²) >= 11 is 1.44. The van der Waals surface area contributed by atoms with Gasteiger partial charge in [0.05, 0.1) is 6.21 Å². The maximum Gasteiger partial charge on any atom is 0.287 e. The Hall–Kier alpha value is -3.71. The molecule has 1 aromatic heterocycles. The topological polar surface area (TPSA) is 90.8 Å². The number of amides is 2. The van der Waals surface area contributed by atoms with Gasteiger partial charge in [-0.25, -0.2) is 5.43 Å². The van der Waals surface area contributed by atoms with Crippen molar-refractivity contribution in [1.29, 1.82) is 0 Å². The largest absolute Gasteiger partial charge is 0.507 e. The normalized spacial score (nSPS) is 11.4. The van der Waals surface area contributed by atoms with Crippen LogP contribution in [-0.4, -0.2) is 23.1 Å². The first-order valence-electron chi connectivity index (χ1n) is 8.77. The van der Waals surface area contributed by atoms with Gasteiger partial charge in [-0.1, -0.05) is 30.3 Å². The van der Waals surface area contributed by atoms with Gasteiger partial charge in [-0.2, -0.15) is 5.10 Å². The zero-order valence-corrected chi connectivity index (χ0v) is 16.4. The number of thiophene rings is 1. The standard InChI is InChI=1S/C22H19N3O3S/c1-15-9-10-17(20(26)12-15)14-23-25-22(28)19(13-18-8-5-11-29-18)24-21(27)16-6-3-2-4-7-16/h2-14,26H,1H3,(H,24,27)(H,25,28)/b19-13?,23-14+. The Kier molecular flexibility index (Phi) is 6.55. The molecule has 0 saturated heterocycles. The molecule has 0 unspecified atom stereocenters. The van der Waals surface area contributed by atoms with Gasteiger partial charge in [0.25, 0.3) is 11.8 Å². The minimum atomic E-state index is -0.578. The van der Waals surface area contributed by atoms with Gasteiger partial charge in [0, 0.05) is 16.0 Å². The third-order valence-electron chi connectivity index (χ3n) is 3.91. The summed E-state index contributed by atoms with van der Waals surface area (Å²) in [6, 6.07) is 17.4. The number of carbonyl (C=O) groups excluding carboxylic acids is 2. The minimum absolute atomic E-state index is 0.0616. The quantitative estimate of drug-likeness (QED) is 0.332. The number of carbonyl (C=O) groups is 2. The van der Waals surface area contributed by atoms with Crippen molar-refractivity contribution in [2.24, 2.45) is 5.10 Å². The van der Waals surface area contributed by atoms with Crippen LogP contribution in [0.25, 0.3) is 6.08 Å². The van der Waals surface area contributed by atoms with E-state index in [0.29, 0.717) is 11.1 Å². The van der Waals surface area contributed by atoms with Crippen molar-refractivity contribution in [3.63, 3.8) is 0 Å². The number of aryl methyl sites for hydroxylation is 1. The molecule has 1 heterocycles. The number of phenols is 1. The van der Waals surface area contributed by atoms with Crippen LogP contribution in [0.4, 0.5) is 0 Å². The number of rotatable bonds is 6. The summed E-state index contributed by atoms with van der Waals surface area (Å²) in [5.41, 5.74) is 4.26. The van der Waals surface area contributed by atoms with E-state index in [1.54, 1.807) is 48.5 Å². The lowest BCUT2D eigenvalue weighted by Gasteiger charge is -2.08. The van der Waals surface area contributed by atoms with Crippen LogP contribution in [0.2, 0.25) is 0 Å². The summed E-state index contributed by atoms with van der Waals surface area (Å²) < 4.78 is 0. The van der Waals surface area contributed by atoms with Gasteiger partial charge in [-0.3, -0.25) is 9.59 Å². The second kappa shape index (κ2) is 9.48. The summed E-state index contributed by atoms with van der Waals surface area (Å²) in [6.45, 7) is 1.86. The number of nitrogens with one attached hydrogen (secondary N) is 2. The van der Waals surface area contributed by atoms with Crippen LogP contribution in [0.5, 0.6) is 5.75 Å². The molecule has 7 heteroatoms. The average Bonchev–Trinajstić information content (AvgIpc) is 3.23. The van der Waals surface area contributed by atoms with Crippen molar-refractivity contribution in [3.8, 4) is 5.75 Å². The number of hydrogen-bond acceptors (Lipinski definition) is 5. The average molecular weight is 405 g/mol. The van der Waals surface area contributed by atoms with E-state index in [4.69, 9.17) is 0 Å². The fourth-order valence-electron chi connectivity index (χ4n) is 2.44. The van der Waals surface area contributed by atoms with Crippen LogP contribution in [0.15, 0.2) is 76.8 Å². The summed E-state index contributed by atoms with van der Waals surface area (Å²) in [5, 5.41) is 18.3. The second-order valence-corrected chi connectivity index (χ2v) is 7.13. The van der Waals surface area contributed by atoms with Crippen molar-refractivity contribution in [2.45, 2.75) is 6.92 Å². The number of phenolic OH excluding ortho intramolecular Hbond substituents is 1. The molecule has 2 aromatic carbocycles. The van der Waals surface area contributed by atoms with Crippen molar-refractivity contribution >= 4 is 35.4 Å². The maximum atomic E-state index is 12.6. The first-order valence-corrected chi connectivity index (χ1v) is 9.65. The third-order valence-corrected chi connectivity index (χ3v) is 4.73. The Bertz CT molecular complexity index is 1060. The Morgan fingerprint density at radius 2 is 1.86 bits per heavy atom. The molecular formula is C22H19N3O3S. The van der Waals surface area contributed by atoms with Gasteiger partial charge >= 0.3 is 0 Å². The Morgan fingerprint density at radius 1 is 1.07 bits per heavy atom. The Balaban J connectivity index is 1.76. The van der Waals surface area contributed by atoms with Crippen molar-refractivity contribution in [3.05, 3.63) is 93.3 Å². The molecule has 0 aliphatic rings. The number of benzene rings is 2. The predicted molar refractivity (Wildman–Crippen MR) is 115 cm³/mol. The van der Waals surface area contributed by atoms with Gasteiger partial charge < -0.3 is 10.4 Å². The first-order chi connectivity index (χ1) is 14.0. The van der Waals surface area contributed by atoms with E-state index in [-0.39, 0.29) is 11.4 Å². The molecule has 29 heavy (non-hydrogen) atoms. The molecule has 3 aromatic rings. The van der Waals surface area contributed by atoms with Crippen molar-refractivity contribution < 1.29 is 14.7 Å². The van der Waals surface area contributed by atoms with Crippen molar-refractivity contribution in [2.75, 3.05) is 0 Å². The number of hydrazone groups is 1. The fraction of sp³-hybridized carbons (Fsp3) is 0.0455. The van der Waals surface area contributed by atoms with Crippen LogP contribution in [0.3, 0.4) is 0 Å². The lowest BCUT2D eigenvalue weighted by molar-refractivity contribution is -0.117. The number of aromatic hydroxyl groups is 1. The van der Waals surface area contributed by atoms with Crippen LogP contribution in [0, 0.1) is 6.92 Å². The van der Waals surface area contributed by atoms with Crippen LogP contribution < -0.4 is 10.7 Å². The molecule has 0 atom stereocenters. The first kappa shape index (κ1) is 20.0. The summed E-state index contributed by atoms with van der Waals surface area (Å²) in [7, 11) is 0. The molecule has 0 aliphatic heterocycles. The molecule has 2 amide bonds. The molecule has 3 N–H and O–H groups in total. The van der Waals surface area contributed by atoms with E-state index in [2.05, 4.69) is 15.8 Å². The van der Waals surface area contributed by atoms with Crippen molar-refractivity contribution in [1.82, 2.24) is 10.7 Å². The molecule has 0 fully saturated rings. The van der Waals surface area contributed by atoms with E-state index in [0.717, 1.165) is 10.4 Å². The van der Waals surface area contributed by atoms with E-state index in [9.17, 15) is 14.7 Å². The zero-order chi connectivity index (χ0) is 20.6. The molecule has 3 rings (SSSR count). The smallest absolute Gasteiger partial charge is 0.287 e. The SMILES string of the molecule is Cc1ccc(/C=N/NC(=O)C(=Cc2cccs2)NC(=O)c2ccccc2)c(O)c1. The third kappa shape index (κ3) is 5.63. The van der Waals surface area contributed by atoms with Gasteiger partial charge in [0.15, 0.2) is 0 Å². The lowest BCUT2D eigenvalue weighted by atomic mass is 10.1. The maximum absolute atomic E-state index is 12.6. The highest BCUT2D eigenvalue weighted by Crippen LogP contribution is 2.16. The molecule has 0 spiro atoms. The zero-order valence-electron chi connectivity index (χ0n) is 15.6. The van der Waals surface area contributed by atoms with Gasteiger partial charge in [-0.15, -0.1) is 11.3 Å². The van der Waals surface area contributed by atoms with Crippen LogP contribution in [0.1, 0.15) is 26.4 Å². The molecule has 0 radical (unpaired) electrons. The van der Waals surface area contributed by atoms with Crippen LogP contribution >= 0.6 is 11.3 Å². The molecule has 0 bridgehead atoms. The molecule has 6 nitrogen and oxygen atoms in total. The Morgan fingerprint density at radius 3 is 2.55 bits per heavy atom.